The van der Waals surface area contributed by atoms with E-state index in [-0.39, 0.29) is 5.91 Å². The molecule has 1 aliphatic rings. The molecule has 30 heavy (non-hydrogen) atoms. The van der Waals surface area contributed by atoms with E-state index in [1.165, 1.54) is 6.33 Å². The number of carbonyl (C=O) groups excluding carboxylic acids is 1. The summed E-state index contributed by atoms with van der Waals surface area (Å²) in [5.41, 5.74) is 2.34. The molecule has 1 atom stereocenters. The van der Waals surface area contributed by atoms with E-state index in [2.05, 4.69) is 20.7 Å². The highest BCUT2D eigenvalue weighted by molar-refractivity contribution is 6.33. The van der Waals surface area contributed by atoms with Gasteiger partial charge in [-0.3, -0.25) is 4.79 Å². The molecule has 0 unspecified atom stereocenters. The largest absolute Gasteiger partial charge is 0.493 e. The highest BCUT2D eigenvalue weighted by Gasteiger charge is 2.36. The van der Waals surface area contributed by atoms with Crippen molar-refractivity contribution >= 4 is 29.1 Å². The molecule has 2 N–H and O–H groups in total. The zero-order chi connectivity index (χ0) is 21.3. The number of aromatic nitrogens is 3. The quantitative estimate of drug-likeness (QED) is 0.644. The molecule has 2 heterocycles. The van der Waals surface area contributed by atoms with E-state index < -0.39 is 6.04 Å². The summed E-state index contributed by atoms with van der Waals surface area (Å²) in [5.74, 6) is 1.28. The molecule has 0 radical (unpaired) electrons. The van der Waals surface area contributed by atoms with Crippen LogP contribution in [0.25, 0.3) is 0 Å². The molecule has 3 aromatic rings. The highest BCUT2D eigenvalue weighted by Crippen LogP contribution is 2.42. The first-order chi connectivity index (χ1) is 14.5. The van der Waals surface area contributed by atoms with Crippen molar-refractivity contribution in [1.82, 2.24) is 14.8 Å². The van der Waals surface area contributed by atoms with Gasteiger partial charge < -0.3 is 20.1 Å². The van der Waals surface area contributed by atoms with Gasteiger partial charge in [-0.05, 0) is 25.1 Å². The van der Waals surface area contributed by atoms with Gasteiger partial charge in [-0.2, -0.15) is 10.1 Å². The van der Waals surface area contributed by atoms with Gasteiger partial charge in [-0.25, -0.2) is 4.68 Å². The summed E-state index contributed by atoms with van der Waals surface area (Å²) < 4.78 is 12.7. The van der Waals surface area contributed by atoms with Gasteiger partial charge in [0.05, 0.1) is 30.5 Å². The number of para-hydroxylation sites is 2. The molecule has 154 valence electrons. The predicted molar refractivity (Wildman–Crippen MR) is 114 cm³/mol. The fourth-order valence-corrected chi connectivity index (χ4v) is 3.74. The first-order valence-corrected chi connectivity index (χ1v) is 9.57. The van der Waals surface area contributed by atoms with Crippen LogP contribution in [0.4, 0.5) is 11.6 Å². The molecule has 0 bridgehead atoms. The Morgan fingerprint density at radius 1 is 1.17 bits per heavy atom. The average molecular weight is 426 g/mol. The van der Waals surface area contributed by atoms with E-state index in [9.17, 15) is 4.79 Å². The lowest BCUT2D eigenvalue weighted by Crippen LogP contribution is -2.31. The van der Waals surface area contributed by atoms with Crippen molar-refractivity contribution in [2.24, 2.45) is 0 Å². The van der Waals surface area contributed by atoms with Crippen molar-refractivity contribution in [3.8, 4) is 11.5 Å². The molecule has 1 aromatic heterocycles. The van der Waals surface area contributed by atoms with Gasteiger partial charge in [-0.15, -0.1) is 0 Å². The normalized spacial score (nSPS) is 15.3. The van der Waals surface area contributed by atoms with Crippen LogP contribution in [0.5, 0.6) is 11.5 Å². The van der Waals surface area contributed by atoms with Crippen molar-refractivity contribution in [3.63, 3.8) is 0 Å². The minimum atomic E-state index is -0.587. The number of hydrogen-bond donors (Lipinski definition) is 2. The number of amides is 1. The Morgan fingerprint density at radius 2 is 1.97 bits per heavy atom. The van der Waals surface area contributed by atoms with Crippen molar-refractivity contribution in [2.75, 3.05) is 24.9 Å². The third kappa shape index (κ3) is 3.35. The van der Waals surface area contributed by atoms with Crippen molar-refractivity contribution in [3.05, 3.63) is 70.6 Å². The first kappa shape index (κ1) is 19.8. The summed E-state index contributed by atoms with van der Waals surface area (Å²) in [4.78, 5) is 17.7. The number of carbonyl (C=O) groups is 1. The van der Waals surface area contributed by atoms with Gasteiger partial charge in [-0.1, -0.05) is 35.9 Å². The van der Waals surface area contributed by atoms with Gasteiger partial charge in [0, 0.05) is 11.3 Å². The van der Waals surface area contributed by atoms with Crippen LogP contribution < -0.4 is 20.1 Å². The van der Waals surface area contributed by atoms with E-state index in [0.717, 1.165) is 0 Å². The number of nitrogens with one attached hydrogen (secondary N) is 2. The van der Waals surface area contributed by atoms with Crippen LogP contribution in [0.15, 0.2) is 60.1 Å². The van der Waals surface area contributed by atoms with Crippen LogP contribution in [-0.4, -0.2) is 34.9 Å². The number of rotatable bonds is 5. The molecule has 4 rings (SSSR count). The zero-order valence-corrected chi connectivity index (χ0v) is 17.4. The molecule has 9 heteroatoms. The molecule has 1 aliphatic heterocycles. The maximum atomic E-state index is 13.4. The van der Waals surface area contributed by atoms with Crippen LogP contribution in [0.3, 0.4) is 0 Å². The van der Waals surface area contributed by atoms with Gasteiger partial charge in [0.25, 0.3) is 5.91 Å². The molecule has 8 nitrogen and oxygen atoms in total. The number of anilines is 2. The van der Waals surface area contributed by atoms with Crippen LogP contribution in [0.1, 0.15) is 18.5 Å². The van der Waals surface area contributed by atoms with E-state index >= 15 is 0 Å². The average Bonchev–Trinajstić information content (AvgIpc) is 3.21. The topological polar surface area (TPSA) is 90.3 Å². The van der Waals surface area contributed by atoms with Gasteiger partial charge in [0.15, 0.2) is 11.5 Å². The first-order valence-electron chi connectivity index (χ1n) is 9.19. The Kier molecular flexibility index (Phi) is 5.33. The Labute approximate surface area is 178 Å². The second kappa shape index (κ2) is 8.08. The minimum absolute atomic E-state index is 0.316. The number of hydrogen-bond acceptors (Lipinski definition) is 6. The summed E-state index contributed by atoms with van der Waals surface area (Å²) in [6.07, 6.45) is 1.43. The summed E-state index contributed by atoms with van der Waals surface area (Å²) in [7, 11) is 3.13. The zero-order valence-electron chi connectivity index (χ0n) is 16.6. The Morgan fingerprint density at radius 3 is 2.70 bits per heavy atom. The van der Waals surface area contributed by atoms with Crippen LogP contribution in [0, 0.1) is 0 Å². The molecule has 2 aromatic carbocycles. The lowest BCUT2D eigenvalue weighted by atomic mass is 9.94. The third-order valence-corrected chi connectivity index (χ3v) is 5.22. The molecular formula is C21H20ClN5O3. The molecule has 1 amide bonds. The number of nitrogens with zero attached hydrogens (tertiary/aromatic N) is 3. The van der Waals surface area contributed by atoms with Gasteiger partial charge in [0.2, 0.25) is 5.95 Å². The lowest BCUT2D eigenvalue weighted by molar-refractivity contribution is -0.113. The summed E-state index contributed by atoms with van der Waals surface area (Å²) in [6.45, 7) is 1.82. The summed E-state index contributed by atoms with van der Waals surface area (Å²) in [5, 5.41) is 10.8. The number of ether oxygens (including phenoxy) is 2. The van der Waals surface area contributed by atoms with Crippen molar-refractivity contribution < 1.29 is 14.3 Å². The van der Waals surface area contributed by atoms with E-state index in [0.29, 0.717) is 45.0 Å². The fraction of sp³-hybridized carbons (Fsp3) is 0.190. The summed E-state index contributed by atoms with van der Waals surface area (Å²) in [6, 6.07) is 12.0. The smallest absolute Gasteiger partial charge is 0.255 e. The molecule has 0 saturated heterocycles. The Hall–Kier alpha value is -3.52. The number of allylic oxidation sites excluding steroid dienone is 1. The summed E-state index contributed by atoms with van der Waals surface area (Å²) >= 11 is 6.24. The molecular weight excluding hydrogens is 406 g/mol. The second-order valence-electron chi connectivity index (χ2n) is 6.61. The van der Waals surface area contributed by atoms with Crippen molar-refractivity contribution in [2.45, 2.75) is 13.0 Å². The highest BCUT2D eigenvalue weighted by atomic mass is 35.5. The number of fused-ring (bicyclic) bond motifs is 1. The van der Waals surface area contributed by atoms with Crippen molar-refractivity contribution in [1.29, 1.82) is 0 Å². The Bertz CT molecular complexity index is 1140. The predicted octanol–water partition coefficient (Wildman–Crippen LogP) is 3.88. The molecule has 0 saturated carbocycles. The molecule has 0 fully saturated rings. The maximum Gasteiger partial charge on any atom is 0.255 e. The van der Waals surface area contributed by atoms with Gasteiger partial charge in [0.1, 0.15) is 12.4 Å². The van der Waals surface area contributed by atoms with Crippen LogP contribution >= 0.6 is 11.6 Å². The monoisotopic (exact) mass is 425 g/mol. The third-order valence-electron chi connectivity index (χ3n) is 4.89. The molecule has 0 aliphatic carbocycles. The molecule has 0 spiro atoms. The number of halogens is 1. The lowest BCUT2D eigenvalue weighted by Gasteiger charge is -2.30. The van der Waals surface area contributed by atoms with E-state index in [1.54, 1.807) is 49.2 Å². The fourth-order valence-electron chi connectivity index (χ4n) is 3.55. The van der Waals surface area contributed by atoms with E-state index in [4.69, 9.17) is 21.1 Å². The van der Waals surface area contributed by atoms with E-state index in [1.807, 2.05) is 19.1 Å². The second-order valence-corrected chi connectivity index (χ2v) is 7.02. The van der Waals surface area contributed by atoms with Gasteiger partial charge >= 0.3 is 0 Å². The number of benzene rings is 2. The number of methoxy groups -OCH3 is 2. The Balaban J connectivity index is 1.84. The van der Waals surface area contributed by atoms with Crippen LogP contribution in [0.2, 0.25) is 5.02 Å². The maximum absolute atomic E-state index is 13.4. The SMILES string of the molecule is COc1cccc([C@H]2C(C(=O)Nc3ccccc3Cl)=C(C)Nc3ncnn32)c1OC. The standard InChI is InChI=1S/C21H20ClN5O3/c1-12-17(20(28)26-15-9-5-4-8-14(15)22)18(27-21(25-12)23-11-24-27)13-7-6-10-16(29-2)19(13)30-3/h4-11,18H,1-3H3,(H,26,28)(H,23,24,25)/t18-/m0/s1. The minimum Gasteiger partial charge on any atom is -0.493 e. The van der Waals surface area contributed by atoms with Crippen LogP contribution in [-0.2, 0) is 4.79 Å².